The number of methoxy groups -OCH3 is 1. The average Bonchev–Trinajstić information content (AvgIpc) is 3.21. The number of amides is 1. The smallest absolute Gasteiger partial charge is 0.434 e. The van der Waals surface area contributed by atoms with E-state index in [1.807, 2.05) is 0 Å². The van der Waals surface area contributed by atoms with E-state index in [2.05, 4.69) is 46.9 Å². The molecule has 1 amide bonds. The van der Waals surface area contributed by atoms with Crippen molar-refractivity contribution in [1.29, 1.82) is 0 Å². The molecule has 0 spiro atoms. The first-order chi connectivity index (χ1) is 27.7. The molecule has 0 saturated carbocycles. The number of rotatable bonds is 44. The lowest BCUT2D eigenvalue weighted by Crippen LogP contribution is -2.37. The molecule has 2 unspecified atom stereocenters. The summed E-state index contributed by atoms with van der Waals surface area (Å²) >= 11 is 0. The summed E-state index contributed by atoms with van der Waals surface area (Å²) < 4.78 is 34.6. The highest BCUT2D eigenvalue weighted by Gasteiger charge is 2.26. The summed E-state index contributed by atoms with van der Waals surface area (Å²) in [6, 6.07) is 0. The molecule has 1 N–H and O–H groups in total. The Morgan fingerprint density at radius 3 is 1.47 bits per heavy atom. The highest BCUT2D eigenvalue weighted by Crippen LogP contribution is 2.24. The predicted molar refractivity (Wildman–Crippen MR) is 237 cm³/mol. The molecule has 0 fully saturated rings. The fourth-order valence-corrected chi connectivity index (χ4v) is 6.87. The monoisotopic (exact) mass is 814 g/mol. The lowest BCUT2D eigenvalue weighted by Gasteiger charge is -2.32. The van der Waals surface area contributed by atoms with Crippen LogP contribution in [0.2, 0.25) is 0 Å². The van der Waals surface area contributed by atoms with Gasteiger partial charge >= 0.3 is 6.16 Å². The van der Waals surface area contributed by atoms with Gasteiger partial charge in [-0.05, 0) is 52.4 Å². The van der Waals surface area contributed by atoms with Gasteiger partial charge < -0.3 is 33.7 Å². The minimum absolute atomic E-state index is 0.0430. The van der Waals surface area contributed by atoms with Crippen LogP contribution in [-0.2, 0) is 33.2 Å². The molecule has 0 aromatic carbocycles. The van der Waals surface area contributed by atoms with E-state index >= 15 is 0 Å². The maximum absolute atomic E-state index is 12.5. The van der Waals surface area contributed by atoms with Crippen LogP contribution in [-0.4, -0.2) is 82.7 Å². The molecule has 0 aliphatic carbocycles. The van der Waals surface area contributed by atoms with Gasteiger partial charge in [-0.3, -0.25) is 4.79 Å². The Morgan fingerprint density at radius 2 is 1.00 bits per heavy atom. The van der Waals surface area contributed by atoms with Crippen LogP contribution in [0.15, 0.2) is 0 Å². The fraction of sp³-hybridized carbons (Fsp3) is 0.958. The quantitative estimate of drug-likeness (QED) is 0.0479. The number of nitrogens with one attached hydrogen (secondary N) is 1. The van der Waals surface area contributed by atoms with E-state index in [-0.39, 0.29) is 42.8 Å². The minimum atomic E-state index is -0.787. The number of ether oxygens (including phenoxy) is 6. The van der Waals surface area contributed by atoms with Crippen LogP contribution in [0.4, 0.5) is 4.79 Å². The first kappa shape index (κ1) is 55.6. The summed E-state index contributed by atoms with van der Waals surface area (Å²) in [6.07, 6.45) is 33.4. The Bertz CT molecular complexity index is 884. The zero-order chi connectivity index (χ0) is 42.1. The van der Waals surface area contributed by atoms with Crippen molar-refractivity contribution in [3.8, 4) is 0 Å². The number of hydrogen-bond donors (Lipinski definition) is 1. The van der Waals surface area contributed by atoms with Gasteiger partial charge in [0.15, 0.2) is 0 Å². The standard InChI is InChI=1S/C48H95NO8/c1-8-12-14-16-18-20-22-24-26-28-30-32-38-53-42-44(54-39-33-31-29-27-25-23-21-19-17-15-13-9-2)43-56-46(51)55-40-34-45(50)49-37-35-48(6,11-4)57-41-36-47(5,10-3)52-7/h44H,8-43H2,1-7H3,(H,49,50)/t44-,47?,48?/m0/s1. The van der Waals surface area contributed by atoms with Gasteiger partial charge in [0.25, 0.3) is 0 Å². The summed E-state index contributed by atoms with van der Waals surface area (Å²) in [6.45, 7) is 15.7. The third-order valence-corrected chi connectivity index (χ3v) is 11.8. The second-order valence-corrected chi connectivity index (χ2v) is 17.0. The summed E-state index contributed by atoms with van der Waals surface area (Å²) in [5.41, 5.74) is -0.526. The summed E-state index contributed by atoms with van der Waals surface area (Å²) in [5.74, 6) is -0.172. The van der Waals surface area contributed by atoms with Crippen molar-refractivity contribution >= 4 is 12.1 Å². The fourth-order valence-electron chi connectivity index (χ4n) is 6.87. The largest absolute Gasteiger partial charge is 0.508 e. The highest BCUT2D eigenvalue weighted by atomic mass is 16.7. The van der Waals surface area contributed by atoms with E-state index < -0.39 is 6.16 Å². The Morgan fingerprint density at radius 1 is 0.526 bits per heavy atom. The number of carbonyl (C=O) groups excluding carboxylic acids is 2. The van der Waals surface area contributed by atoms with Gasteiger partial charge in [-0.15, -0.1) is 0 Å². The molecule has 0 bridgehead atoms. The predicted octanol–water partition coefficient (Wildman–Crippen LogP) is 13.2. The van der Waals surface area contributed by atoms with Gasteiger partial charge in [-0.1, -0.05) is 169 Å². The topological polar surface area (TPSA) is 102 Å². The molecular weight excluding hydrogens is 719 g/mol. The van der Waals surface area contributed by atoms with Gasteiger partial charge in [-0.2, -0.15) is 0 Å². The highest BCUT2D eigenvalue weighted by molar-refractivity contribution is 5.76. The maximum Gasteiger partial charge on any atom is 0.508 e. The molecule has 0 heterocycles. The van der Waals surface area contributed by atoms with Crippen LogP contribution in [0, 0.1) is 0 Å². The molecule has 0 aliphatic rings. The van der Waals surface area contributed by atoms with E-state index in [4.69, 9.17) is 28.4 Å². The SMILES string of the molecule is CCCCCCCCCCCCCCOC[C@@H](COC(=O)OCCC(=O)NCCC(C)(CC)OCCC(C)(CC)OC)OCCCCCCCCCCCCCC. The van der Waals surface area contributed by atoms with Crippen LogP contribution in [0.25, 0.3) is 0 Å². The second-order valence-electron chi connectivity index (χ2n) is 17.0. The number of unbranched alkanes of at least 4 members (excludes halogenated alkanes) is 22. The van der Waals surface area contributed by atoms with Crippen molar-refractivity contribution in [3.05, 3.63) is 0 Å². The van der Waals surface area contributed by atoms with Gasteiger partial charge in [0, 0.05) is 26.9 Å². The van der Waals surface area contributed by atoms with Crippen molar-refractivity contribution in [3.63, 3.8) is 0 Å². The van der Waals surface area contributed by atoms with E-state index in [9.17, 15) is 9.59 Å². The Labute approximate surface area is 352 Å². The van der Waals surface area contributed by atoms with Crippen molar-refractivity contribution in [2.75, 3.05) is 53.3 Å². The summed E-state index contributed by atoms with van der Waals surface area (Å²) in [4.78, 5) is 24.9. The Kier molecular flexibility index (Phi) is 39.0. The van der Waals surface area contributed by atoms with E-state index in [0.717, 1.165) is 38.5 Å². The zero-order valence-electron chi connectivity index (χ0n) is 38.8. The first-order valence-electron chi connectivity index (χ1n) is 24.1. The average molecular weight is 814 g/mol. The molecule has 0 saturated heterocycles. The van der Waals surface area contributed by atoms with Crippen LogP contribution in [0.5, 0.6) is 0 Å². The van der Waals surface area contributed by atoms with Crippen LogP contribution >= 0.6 is 0 Å². The van der Waals surface area contributed by atoms with Gasteiger partial charge in [-0.25, -0.2) is 4.79 Å². The normalized spacial score (nSPS) is 14.2. The third kappa shape index (κ3) is 36.2. The van der Waals surface area contributed by atoms with E-state index in [0.29, 0.717) is 39.4 Å². The lowest BCUT2D eigenvalue weighted by atomic mass is 9.97. The lowest BCUT2D eigenvalue weighted by molar-refractivity contribution is -0.122. The van der Waals surface area contributed by atoms with Gasteiger partial charge in [0.1, 0.15) is 19.3 Å². The van der Waals surface area contributed by atoms with E-state index in [1.54, 1.807) is 7.11 Å². The van der Waals surface area contributed by atoms with Crippen molar-refractivity contribution in [2.45, 2.75) is 245 Å². The molecule has 9 nitrogen and oxygen atoms in total. The molecule has 340 valence electrons. The maximum atomic E-state index is 12.5. The first-order valence-corrected chi connectivity index (χ1v) is 24.1. The molecule has 0 aliphatic heterocycles. The summed E-state index contributed by atoms with van der Waals surface area (Å²) in [7, 11) is 1.74. The molecule has 3 atom stereocenters. The van der Waals surface area contributed by atoms with Crippen molar-refractivity contribution in [1.82, 2.24) is 5.32 Å². The molecule has 0 radical (unpaired) electrons. The van der Waals surface area contributed by atoms with Crippen LogP contribution in [0.1, 0.15) is 228 Å². The molecule has 57 heavy (non-hydrogen) atoms. The second kappa shape index (κ2) is 40.0. The van der Waals surface area contributed by atoms with Crippen molar-refractivity contribution < 1.29 is 38.0 Å². The number of carbonyl (C=O) groups is 2. The Hall–Kier alpha value is -1.42. The van der Waals surface area contributed by atoms with Crippen molar-refractivity contribution in [2.24, 2.45) is 0 Å². The van der Waals surface area contributed by atoms with Crippen LogP contribution < -0.4 is 5.32 Å². The van der Waals surface area contributed by atoms with E-state index in [1.165, 1.54) is 135 Å². The zero-order valence-corrected chi connectivity index (χ0v) is 38.8. The van der Waals surface area contributed by atoms with Gasteiger partial charge in [0.2, 0.25) is 5.91 Å². The Balaban J connectivity index is 4.41. The molecular formula is C48H95NO8. The molecule has 0 aromatic rings. The van der Waals surface area contributed by atoms with Crippen LogP contribution in [0.3, 0.4) is 0 Å². The molecule has 0 aromatic heterocycles. The third-order valence-electron chi connectivity index (χ3n) is 11.8. The van der Waals surface area contributed by atoms with Gasteiger partial charge in [0.05, 0.1) is 30.8 Å². The molecule has 9 heteroatoms. The summed E-state index contributed by atoms with van der Waals surface area (Å²) in [5, 5.41) is 2.93. The minimum Gasteiger partial charge on any atom is -0.434 e. The molecule has 0 rings (SSSR count). The number of hydrogen-bond acceptors (Lipinski definition) is 8.